The van der Waals surface area contributed by atoms with Crippen molar-refractivity contribution in [1.82, 2.24) is 25.2 Å². The van der Waals surface area contributed by atoms with Crippen LogP contribution in [0.25, 0.3) is 0 Å². The molecule has 0 bridgehead atoms. The number of nitrogens with one attached hydrogen (secondary N) is 1. The summed E-state index contributed by atoms with van der Waals surface area (Å²) in [7, 11) is 0. The summed E-state index contributed by atoms with van der Waals surface area (Å²) in [6, 6.07) is 0.453. The van der Waals surface area contributed by atoms with Crippen LogP contribution in [0.1, 0.15) is 19.8 Å². The van der Waals surface area contributed by atoms with Crippen molar-refractivity contribution < 1.29 is 4.79 Å². The van der Waals surface area contributed by atoms with Gasteiger partial charge in [-0.05, 0) is 26.3 Å². The molecule has 0 radical (unpaired) electrons. The highest BCUT2D eigenvalue weighted by Crippen LogP contribution is 2.07. The zero-order chi connectivity index (χ0) is 12.1. The molecule has 1 amide bonds. The topological polar surface area (TPSA) is 63.1 Å². The maximum Gasteiger partial charge on any atom is 0.244 e. The summed E-state index contributed by atoms with van der Waals surface area (Å²) in [5.41, 5.74) is 0. The molecular formula is C11H19N5O. The molecule has 1 saturated heterocycles. The molecule has 2 heterocycles. The van der Waals surface area contributed by atoms with E-state index in [1.165, 1.54) is 6.42 Å². The smallest absolute Gasteiger partial charge is 0.244 e. The van der Waals surface area contributed by atoms with Crippen molar-refractivity contribution in [3.63, 3.8) is 0 Å². The lowest BCUT2D eigenvalue weighted by Gasteiger charge is -2.24. The van der Waals surface area contributed by atoms with Crippen LogP contribution in [0.3, 0.4) is 0 Å². The number of rotatable bonds is 5. The molecule has 1 aliphatic rings. The molecule has 6 nitrogen and oxygen atoms in total. The van der Waals surface area contributed by atoms with Gasteiger partial charge in [-0.2, -0.15) is 0 Å². The first kappa shape index (κ1) is 12.0. The van der Waals surface area contributed by atoms with E-state index in [4.69, 9.17) is 0 Å². The minimum Gasteiger partial charge on any atom is -0.340 e. The third-order valence-electron chi connectivity index (χ3n) is 3.11. The van der Waals surface area contributed by atoms with E-state index in [1.807, 2.05) is 11.8 Å². The SMILES string of the molecule is CCN(CC1CCCN1)C(=O)Cn1ccnn1. The Balaban J connectivity index is 1.86. The summed E-state index contributed by atoms with van der Waals surface area (Å²) in [4.78, 5) is 13.9. The second-order valence-corrected chi connectivity index (χ2v) is 4.33. The molecule has 1 atom stereocenters. The highest BCUT2D eigenvalue weighted by molar-refractivity contribution is 5.75. The van der Waals surface area contributed by atoms with Gasteiger partial charge >= 0.3 is 0 Å². The standard InChI is InChI=1S/C11H19N5O/c1-2-15(8-10-4-3-5-12-10)11(17)9-16-7-6-13-14-16/h6-7,10,12H,2-5,8-9H2,1H3. The average molecular weight is 237 g/mol. The summed E-state index contributed by atoms with van der Waals surface area (Å²) in [5, 5.41) is 10.9. The minimum atomic E-state index is 0.103. The van der Waals surface area contributed by atoms with Gasteiger partial charge in [0.15, 0.2) is 0 Å². The van der Waals surface area contributed by atoms with Crippen LogP contribution in [0.5, 0.6) is 0 Å². The number of hydrogen-bond acceptors (Lipinski definition) is 4. The van der Waals surface area contributed by atoms with Crippen molar-refractivity contribution in [3.8, 4) is 0 Å². The van der Waals surface area contributed by atoms with E-state index >= 15 is 0 Å². The van der Waals surface area contributed by atoms with Gasteiger partial charge in [0.2, 0.25) is 5.91 Å². The monoisotopic (exact) mass is 237 g/mol. The van der Waals surface area contributed by atoms with Crippen molar-refractivity contribution in [2.45, 2.75) is 32.4 Å². The molecule has 0 aliphatic carbocycles. The number of carbonyl (C=O) groups excluding carboxylic acids is 1. The van der Waals surface area contributed by atoms with Gasteiger partial charge in [-0.25, -0.2) is 4.68 Å². The Morgan fingerprint density at radius 2 is 2.53 bits per heavy atom. The van der Waals surface area contributed by atoms with E-state index in [1.54, 1.807) is 17.1 Å². The van der Waals surface area contributed by atoms with Crippen molar-refractivity contribution in [2.75, 3.05) is 19.6 Å². The molecule has 17 heavy (non-hydrogen) atoms. The van der Waals surface area contributed by atoms with Crippen LogP contribution in [-0.2, 0) is 11.3 Å². The maximum atomic E-state index is 12.0. The van der Waals surface area contributed by atoms with E-state index in [-0.39, 0.29) is 12.5 Å². The average Bonchev–Trinajstić information content (AvgIpc) is 2.97. The molecule has 94 valence electrons. The molecule has 2 rings (SSSR count). The summed E-state index contributed by atoms with van der Waals surface area (Å²) in [5.74, 6) is 0.103. The Morgan fingerprint density at radius 1 is 1.65 bits per heavy atom. The predicted octanol–water partition coefficient (Wildman–Crippen LogP) is -0.121. The minimum absolute atomic E-state index is 0.103. The summed E-state index contributed by atoms with van der Waals surface area (Å²) in [6.07, 6.45) is 5.66. The fourth-order valence-corrected chi connectivity index (χ4v) is 2.14. The van der Waals surface area contributed by atoms with Crippen LogP contribution >= 0.6 is 0 Å². The Kier molecular flexibility index (Phi) is 4.08. The van der Waals surface area contributed by atoms with E-state index < -0.39 is 0 Å². The molecule has 6 heteroatoms. The first-order chi connectivity index (χ1) is 8.29. The van der Waals surface area contributed by atoms with Gasteiger partial charge in [0.1, 0.15) is 6.54 Å². The van der Waals surface area contributed by atoms with Gasteiger partial charge in [-0.15, -0.1) is 5.10 Å². The van der Waals surface area contributed by atoms with Gasteiger partial charge in [0.25, 0.3) is 0 Å². The quantitative estimate of drug-likeness (QED) is 0.775. The number of amides is 1. The molecule has 1 aliphatic heterocycles. The highest BCUT2D eigenvalue weighted by Gasteiger charge is 2.20. The maximum absolute atomic E-state index is 12.0. The largest absolute Gasteiger partial charge is 0.340 e. The van der Waals surface area contributed by atoms with Crippen LogP contribution in [-0.4, -0.2) is 51.5 Å². The normalized spacial score (nSPS) is 19.5. The fraction of sp³-hybridized carbons (Fsp3) is 0.727. The first-order valence-corrected chi connectivity index (χ1v) is 6.15. The number of hydrogen-bond donors (Lipinski definition) is 1. The van der Waals surface area contributed by atoms with Crippen LogP contribution in [0.2, 0.25) is 0 Å². The number of likely N-dealkylation sites (N-methyl/N-ethyl adjacent to an activating group) is 1. The van der Waals surface area contributed by atoms with Crippen LogP contribution in [0.15, 0.2) is 12.4 Å². The third-order valence-corrected chi connectivity index (χ3v) is 3.11. The van der Waals surface area contributed by atoms with Gasteiger partial charge < -0.3 is 10.2 Å². The third kappa shape index (κ3) is 3.26. The van der Waals surface area contributed by atoms with E-state index in [2.05, 4.69) is 15.6 Å². The summed E-state index contributed by atoms with van der Waals surface area (Å²) >= 11 is 0. The van der Waals surface area contributed by atoms with Crippen LogP contribution < -0.4 is 5.32 Å². The first-order valence-electron chi connectivity index (χ1n) is 6.15. The molecule has 1 aromatic heterocycles. The molecule has 1 fully saturated rings. The second-order valence-electron chi connectivity index (χ2n) is 4.33. The zero-order valence-electron chi connectivity index (χ0n) is 10.2. The van der Waals surface area contributed by atoms with Crippen LogP contribution in [0, 0.1) is 0 Å². The van der Waals surface area contributed by atoms with E-state index in [0.29, 0.717) is 6.04 Å². The van der Waals surface area contributed by atoms with Gasteiger partial charge in [0.05, 0.1) is 6.20 Å². The van der Waals surface area contributed by atoms with Crippen molar-refractivity contribution >= 4 is 5.91 Å². The lowest BCUT2D eigenvalue weighted by atomic mass is 10.2. The van der Waals surface area contributed by atoms with Crippen molar-refractivity contribution in [1.29, 1.82) is 0 Å². The Labute approximate surface area is 101 Å². The number of nitrogens with zero attached hydrogens (tertiary/aromatic N) is 4. The summed E-state index contributed by atoms with van der Waals surface area (Å²) in [6.45, 7) is 4.89. The van der Waals surface area contributed by atoms with Gasteiger partial charge in [-0.1, -0.05) is 5.21 Å². The molecule has 1 N–H and O–H groups in total. The van der Waals surface area contributed by atoms with Gasteiger partial charge in [0, 0.05) is 25.3 Å². The van der Waals surface area contributed by atoms with Gasteiger partial charge in [-0.3, -0.25) is 4.79 Å². The zero-order valence-corrected chi connectivity index (χ0v) is 10.2. The molecule has 1 unspecified atom stereocenters. The Bertz CT molecular complexity index is 345. The fourth-order valence-electron chi connectivity index (χ4n) is 2.14. The molecule has 0 spiro atoms. The van der Waals surface area contributed by atoms with Crippen LogP contribution in [0.4, 0.5) is 0 Å². The molecule has 0 aromatic carbocycles. The highest BCUT2D eigenvalue weighted by atomic mass is 16.2. The van der Waals surface area contributed by atoms with Crippen molar-refractivity contribution in [2.24, 2.45) is 0 Å². The number of carbonyl (C=O) groups is 1. The predicted molar refractivity (Wildman–Crippen MR) is 63.3 cm³/mol. The molecular weight excluding hydrogens is 218 g/mol. The van der Waals surface area contributed by atoms with Crippen molar-refractivity contribution in [3.05, 3.63) is 12.4 Å². The number of aromatic nitrogens is 3. The second kappa shape index (κ2) is 5.77. The Morgan fingerprint density at radius 3 is 3.12 bits per heavy atom. The Hall–Kier alpha value is -1.43. The van der Waals surface area contributed by atoms with E-state index in [9.17, 15) is 4.79 Å². The summed E-state index contributed by atoms with van der Waals surface area (Å²) < 4.78 is 1.56. The van der Waals surface area contributed by atoms with E-state index in [0.717, 1.165) is 26.1 Å². The molecule has 0 saturated carbocycles. The lowest BCUT2D eigenvalue weighted by molar-refractivity contribution is -0.132. The molecule has 1 aromatic rings. The lowest BCUT2D eigenvalue weighted by Crippen LogP contribution is -2.42.